The summed E-state index contributed by atoms with van der Waals surface area (Å²) in [6.07, 6.45) is 0.859. The van der Waals surface area contributed by atoms with Crippen LogP contribution in [0.3, 0.4) is 0 Å². The van der Waals surface area contributed by atoms with Gasteiger partial charge in [-0.1, -0.05) is 6.07 Å². The van der Waals surface area contributed by atoms with Gasteiger partial charge in [-0.15, -0.1) is 0 Å². The first-order valence-corrected chi connectivity index (χ1v) is 6.31. The Bertz CT molecular complexity index is 636. The molecule has 106 valence electrons. The number of cyclic esters (lactones) is 1. The molecule has 0 bridgehead atoms. The summed E-state index contributed by atoms with van der Waals surface area (Å²) in [5.41, 5.74) is 2.07. The van der Waals surface area contributed by atoms with Crippen LogP contribution >= 0.6 is 0 Å². The van der Waals surface area contributed by atoms with E-state index in [-0.39, 0.29) is 12.7 Å². The fourth-order valence-electron chi connectivity index (χ4n) is 2.36. The van der Waals surface area contributed by atoms with E-state index in [1.165, 1.54) is 11.2 Å². The minimum absolute atomic E-state index is 0.0480. The maximum atomic E-state index is 11.9. The summed E-state index contributed by atoms with van der Waals surface area (Å²) in [4.78, 5) is 13.4. The first-order chi connectivity index (χ1) is 9.72. The maximum Gasteiger partial charge on any atom is 0.414 e. The molecule has 2 aromatic rings. The van der Waals surface area contributed by atoms with E-state index in [9.17, 15) is 4.79 Å². The van der Waals surface area contributed by atoms with Crippen LogP contribution in [0.1, 0.15) is 5.56 Å². The third-order valence-corrected chi connectivity index (χ3v) is 3.32. The third kappa shape index (κ3) is 2.13. The summed E-state index contributed by atoms with van der Waals surface area (Å²) >= 11 is 0. The Morgan fingerprint density at radius 3 is 3.10 bits per heavy atom. The average molecular weight is 277 g/mol. The van der Waals surface area contributed by atoms with Crippen molar-refractivity contribution >= 4 is 22.7 Å². The molecular formula is C14H15NO5. The van der Waals surface area contributed by atoms with Crippen LogP contribution in [0, 0.1) is 0 Å². The molecule has 3 rings (SSSR count). The molecule has 1 unspecified atom stereocenters. The smallest absolute Gasteiger partial charge is 0.414 e. The quantitative estimate of drug-likeness (QED) is 0.924. The Balaban J connectivity index is 1.92. The normalized spacial score (nSPS) is 18.8. The van der Waals surface area contributed by atoms with Gasteiger partial charge in [0.1, 0.15) is 18.0 Å². The topological polar surface area (TPSA) is 72.1 Å². The molecule has 0 spiro atoms. The highest BCUT2D eigenvalue weighted by Gasteiger charge is 2.34. The number of benzene rings is 1. The number of ether oxygens (including phenoxy) is 2. The zero-order valence-electron chi connectivity index (χ0n) is 11.0. The first-order valence-electron chi connectivity index (χ1n) is 6.31. The van der Waals surface area contributed by atoms with Crippen LogP contribution in [0.4, 0.5) is 10.5 Å². The number of carbonyl (C=O) groups excluding carboxylic acids is 1. The van der Waals surface area contributed by atoms with Crippen LogP contribution in [0.2, 0.25) is 0 Å². The Labute approximate surface area is 115 Å². The van der Waals surface area contributed by atoms with E-state index in [4.69, 9.17) is 19.0 Å². The summed E-state index contributed by atoms with van der Waals surface area (Å²) in [6, 6.07) is 5.39. The Hall–Kier alpha value is -2.05. The lowest BCUT2D eigenvalue weighted by Crippen LogP contribution is -2.25. The third-order valence-electron chi connectivity index (χ3n) is 3.32. The van der Waals surface area contributed by atoms with Crippen LogP contribution in [-0.4, -0.2) is 37.6 Å². The highest BCUT2D eigenvalue weighted by molar-refractivity contribution is 6.01. The van der Waals surface area contributed by atoms with Gasteiger partial charge in [0.25, 0.3) is 0 Å². The molecule has 6 nitrogen and oxygen atoms in total. The van der Waals surface area contributed by atoms with E-state index in [1.807, 2.05) is 6.07 Å². The van der Waals surface area contributed by atoms with Gasteiger partial charge in [0.15, 0.2) is 0 Å². The van der Waals surface area contributed by atoms with Crippen LogP contribution in [0.15, 0.2) is 28.9 Å². The van der Waals surface area contributed by atoms with Crippen molar-refractivity contribution in [2.24, 2.45) is 0 Å². The molecule has 1 N–H and O–H groups in total. The Morgan fingerprint density at radius 1 is 1.50 bits per heavy atom. The van der Waals surface area contributed by atoms with E-state index < -0.39 is 6.09 Å². The molecule has 1 atom stereocenters. The van der Waals surface area contributed by atoms with Crippen molar-refractivity contribution in [1.29, 1.82) is 0 Å². The number of amides is 1. The van der Waals surface area contributed by atoms with E-state index in [2.05, 4.69) is 0 Å². The van der Waals surface area contributed by atoms with Gasteiger partial charge in [-0.3, -0.25) is 4.90 Å². The van der Waals surface area contributed by atoms with Gasteiger partial charge in [-0.25, -0.2) is 4.79 Å². The second kappa shape index (κ2) is 5.15. The molecule has 1 aliphatic rings. The highest BCUT2D eigenvalue weighted by Crippen LogP contribution is 2.32. The lowest BCUT2D eigenvalue weighted by Gasteiger charge is -2.10. The number of nitrogens with zero attached hydrogens (tertiary/aromatic N) is 1. The van der Waals surface area contributed by atoms with Crippen LogP contribution in [0.25, 0.3) is 11.0 Å². The van der Waals surface area contributed by atoms with Crippen molar-refractivity contribution in [2.45, 2.75) is 12.7 Å². The number of rotatable bonds is 4. The summed E-state index contributed by atoms with van der Waals surface area (Å²) in [5, 5.41) is 9.93. The minimum atomic E-state index is -0.402. The number of aliphatic hydroxyl groups is 1. The monoisotopic (exact) mass is 277 g/mol. The lowest BCUT2D eigenvalue weighted by atomic mass is 10.1. The van der Waals surface area contributed by atoms with Crippen LogP contribution < -0.4 is 4.90 Å². The molecule has 0 saturated carbocycles. The summed E-state index contributed by atoms with van der Waals surface area (Å²) < 4.78 is 15.7. The molecule has 1 aliphatic heterocycles. The number of carbonyl (C=O) groups is 1. The summed E-state index contributed by atoms with van der Waals surface area (Å²) in [5.74, 6) is 0. The van der Waals surface area contributed by atoms with Crippen LogP contribution in [-0.2, 0) is 16.1 Å². The number of furan rings is 1. The molecule has 0 radical (unpaired) electrons. The van der Waals surface area contributed by atoms with E-state index in [1.54, 1.807) is 19.2 Å². The van der Waals surface area contributed by atoms with Crippen molar-refractivity contribution in [2.75, 3.05) is 25.2 Å². The molecule has 1 aromatic carbocycles. The standard InChI is InChI=1S/C14H15NO5/c1-18-7-10-5-15(14(17)20-10)12-8-19-13-4-9(6-16)2-3-11(12)13/h2-4,8,10,16H,5-7H2,1H3. The van der Waals surface area contributed by atoms with Crippen molar-refractivity contribution in [1.82, 2.24) is 0 Å². The summed E-state index contributed by atoms with van der Waals surface area (Å²) in [7, 11) is 1.57. The maximum absolute atomic E-state index is 11.9. The molecule has 1 amide bonds. The van der Waals surface area contributed by atoms with Gasteiger partial charge in [-0.2, -0.15) is 0 Å². The molecule has 0 aliphatic carbocycles. The van der Waals surface area contributed by atoms with Gasteiger partial charge in [0.2, 0.25) is 0 Å². The number of anilines is 1. The zero-order valence-corrected chi connectivity index (χ0v) is 11.0. The molecule has 1 fully saturated rings. The molecule has 1 aromatic heterocycles. The van der Waals surface area contributed by atoms with E-state index >= 15 is 0 Å². The van der Waals surface area contributed by atoms with Crippen molar-refractivity contribution < 1.29 is 23.8 Å². The second-order valence-electron chi connectivity index (χ2n) is 4.68. The lowest BCUT2D eigenvalue weighted by molar-refractivity contribution is 0.0718. The van der Waals surface area contributed by atoms with Crippen molar-refractivity contribution in [3.63, 3.8) is 0 Å². The molecule has 20 heavy (non-hydrogen) atoms. The average Bonchev–Trinajstić information content (AvgIpc) is 3.01. The predicted molar refractivity (Wildman–Crippen MR) is 71.6 cm³/mol. The minimum Gasteiger partial charge on any atom is -0.462 e. The zero-order chi connectivity index (χ0) is 14.1. The highest BCUT2D eigenvalue weighted by atomic mass is 16.6. The first kappa shape index (κ1) is 13.0. The van der Waals surface area contributed by atoms with Crippen molar-refractivity contribution in [3.05, 3.63) is 30.0 Å². The molecular weight excluding hydrogens is 262 g/mol. The van der Waals surface area contributed by atoms with Crippen LogP contribution in [0.5, 0.6) is 0 Å². The SMILES string of the molecule is COCC1CN(c2coc3cc(CO)ccc23)C(=O)O1. The van der Waals surface area contributed by atoms with Gasteiger partial charge < -0.3 is 19.0 Å². The largest absolute Gasteiger partial charge is 0.462 e. The number of fused-ring (bicyclic) bond motifs is 1. The predicted octanol–water partition coefficient (Wildman–Crippen LogP) is 1.90. The van der Waals surface area contributed by atoms with Gasteiger partial charge >= 0.3 is 6.09 Å². The van der Waals surface area contributed by atoms with Gasteiger partial charge in [-0.05, 0) is 17.7 Å². The number of hydrogen-bond acceptors (Lipinski definition) is 5. The molecule has 6 heteroatoms. The Morgan fingerprint density at radius 2 is 2.35 bits per heavy atom. The van der Waals surface area contributed by atoms with Gasteiger partial charge in [0.05, 0.1) is 25.4 Å². The Kier molecular flexibility index (Phi) is 3.33. The van der Waals surface area contributed by atoms with Gasteiger partial charge in [0, 0.05) is 12.5 Å². The molecule has 2 heterocycles. The van der Waals surface area contributed by atoms with E-state index in [0.717, 1.165) is 10.9 Å². The van der Waals surface area contributed by atoms with Crippen molar-refractivity contribution in [3.8, 4) is 0 Å². The number of hydrogen-bond donors (Lipinski definition) is 1. The second-order valence-corrected chi connectivity index (χ2v) is 4.68. The fourth-order valence-corrected chi connectivity index (χ4v) is 2.36. The number of aliphatic hydroxyl groups excluding tert-OH is 1. The number of methoxy groups -OCH3 is 1. The molecule has 1 saturated heterocycles. The summed E-state index contributed by atoms with van der Waals surface area (Å²) in [6.45, 7) is 0.753. The van der Waals surface area contributed by atoms with E-state index in [0.29, 0.717) is 24.4 Å². The fraction of sp³-hybridized carbons (Fsp3) is 0.357.